The summed E-state index contributed by atoms with van der Waals surface area (Å²) < 4.78 is 5.67. The van der Waals surface area contributed by atoms with Gasteiger partial charge in [0, 0.05) is 13.2 Å². The van der Waals surface area contributed by atoms with Gasteiger partial charge in [-0.2, -0.15) is 0 Å². The summed E-state index contributed by atoms with van der Waals surface area (Å²) in [5.41, 5.74) is 2.54. The van der Waals surface area contributed by atoms with Crippen LogP contribution in [0.3, 0.4) is 0 Å². The van der Waals surface area contributed by atoms with E-state index in [1.54, 1.807) is 4.90 Å². The summed E-state index contributed by atoms with van der Waals surface area (Å²) in [5.74, 6) is 0. The van der Waals surface area contributed by atoms with Crippen LogP contribution in [0.25, 0.3) is 0 Å². The number of aliphatic hydroxyl groups is 1. The molecule has 24 heavy (non-hydrogen) atoms. The number of urea groups is 1. The first-order valence-corrected chi connectivity index (χ1v) is 9.08. The molecule has 2 amide bonds. The third-order valence-corrected chi connectivity index (χ3v) is 5.19. The molecule has 132 valence electrons. The third-order valence-electron chi connectivity index (χ3n) is 5.19. The Kier molecular flexibility index (Phi) is 5.74. The number of carbonyl (C=O) groups is 1. The van der Waals surface area contributed by atoms with Crippen LogP contribution in [-0.4, -0.2) is 47.9 Å². The zero-order chi connectivity index (χ0) is 16.9. The number of aliphatic hydroxyl groups excluding tert-OH is 1. The maximum atomic E-state index is 12.9. The summed E-state index contributed by atoms with van der Waals surface area (Å²) in [6.45, 7) is 3.10. The molecule has 1 fully saturated rings. The molecule has 3 atom stereocenters. The van der Waals surface area contributed by atoms with Crippen LogP contribution in [0.1, 0.15) is 49.8 Å². The summed E-state index contributed by atoms with van der Waals surface area (Å²) in [7, 11) is 0. The minimum absolute atomic E-state index is 0.0139. The molecule has 5 nitrogen and oxygen atoms in total. The van der Waals surface area contributed by atoms with E-state index in [9.17, 15) is 9.90 Å². The highest BCUT2D eigenvalue weighted by Gasteiger charge is 2.31. The molecule has 0 spiro atoms. The van der Waals surface area contributed by atoms with E-state index >= 15 is 0 Å². The quantitative estimate of drug-likeness (QED) is 0.871. The number of nitrogens with zero attached hydrogens (tertiary/aromatic N) is 1. The fourth-order valence-corrected chi connectivity index (χ4v) is 3.93. The van der Waals surface area contributed by atoms with Crippen LogP contribution in [0.15, 0.2) is 24.3 Å². The Labute approximate surface area is 144 Å². The van der Waals surface area contributed by atoms with Gasteiger partial charge in [-0.3, -0.25) is 0 Å². The lowest BCUT2D eigenvalue weighted by Crippen LogP contribution is -2.50. The fraction of sp³-hybridized carbons (Fsp3) is 0.632. The van der Waals surface area contributed by atoms with Crippen LogP contribution in [0.5, 0.6) is 0 Å². The van der Waals surface area contributed by atoms with E-state index in [2.05, 4.69) is 23.5 Å². The number of aryl methyl sites for hydroxylation is 1. The van der Waals surface area contributed by atoms with Gasteiger partial charge in [-0.25, -0.2) is 4.79 Å². The molecule has 5 heteroatoms. The highest BCUT2D eigenvalue weighted by Crippen LogP contribution is 2.34. The molecule has 1 aromatic carbocycles. The number of hydrogen-bond acceptors (Lipinski definition) is 3. The number of ether oxygens (including phenoxy) is 1. The van der Waals surface area contributed by atoms with Crippen molar-refractivity contribution in [2.24, 2.45) is 0 Å². The molecule has 3 unspecified atom stereocenters. The van der Waals surface area contributed by atoms with E-state index in [-0.39, 0.29) is 30.8 Å². The van der Waals surface area contributed by atoms with E-state index in [0.717, 1.165) is 38.7 Å². The van der Waals surface area contributed by atoms with Crippen LogP contribution in [-0.2, 0) is 11.2 Å². The molecular formula is C19H28N2O3. The predicted molar refractivity (Wildman–Crippen MR) is 92.9 cm³/mol. The van der Waals surface area contributed by atoms with Gasteiger partial charge >= 0.3 is 6.03 Å². The molecule has 1 aromatic rings. The first kappa shape index (κ1) is 17.2. The van der Waals surface area contributed by atoms with E-state index in [1.807, 2.05) is 13.0 Å². The summed E-state index contributed by atoms with van der Waals surface area (Å²) in [4.78, 5) is 14.7. The Bertz CT molecular complexity index is 557. The Morgan fingerprint density at radius 2 is 2.21 bits per heavy atom. The predicted octanol–water partition coefficient (Wildman–Crippen LogP) is 2.64. The van der Waals surface area contributed by atoms with Crippen LogP contribution in [0, 0.1) is 0 Å². The van der Waals surface area contributed by atoms with Crippen LogP contribution in [0.4, 0.5) is 4.79 Å². The molecule has 2 aliphatic rings. The molecule has 1 aliphatic carbocycles. The molecular weight excluding hydrogens is 304 g/mol. The number of amides is 2. The number of nitrogens with one attached hydrogen (secondary N) is 1. The molecule has 1 heterocycles. The van der Waals surface area contributed by atoms with Crippen molar-refractivity contribution in [2.45, 2.75) is 57.2 Å². The summed E-state index contributed by atoms with van der Waals surface area (Å²) in [5, 5.41) is 12.5. The standard InChI is InChI=1S/C19H28N2O3/c1-14(18-10-5-13-24-18)20-19(23)21(11-12-22)17-9-4-7-15-6-2-3-8-16(15)17/h2-3,6,8,14,17-18,22H,4-5,7,9-13H2,1H3,(H,20,23). The molecule has 0 bridgehead atoms. The molecule has 0 radical (unpaired) electrons. The SMILES string of the molecule is CC(NC(=O)N(CCO)C1CCCc2ccccc21)C1CCCO1. The van der Waals surface area contributed by atoms with Gasteiger partial charge in [-0.1, -0.05) is 24.3 Å². The zero-order valence-corrected chi connectivity index (χ0v) is 14.4. The van der Waals surface area contributed by atoms with Gasteiger partial charge in [0.05, 0.1) is 24.8 Å². The van der Waals surface area contributed by atoms with Gasteiger partial charge < -0.3 is 20.1 Å². The molecule has 2 N–H and O–H groups in total. The summed E-state index contributed by atoms with van der Waals surface area (Å²) >= 11 is 0. The highest BCUT2D eigenvalue weighted by atomic mass is 16.5. The summed E-state index contributed by atoms with van der Waals surface area (Å²) in [6.07, 6.45) is 5.22. The lowest BCUT2D eigenvalue weighted by molar-refractivity contribution is 0.0798. The number of fused-ring (bicyclic) bond motifs is 1. The van der Waals surface area contributed by atoms with Crippen molar-refractivity contribution in [3.05, 3.63) is 35.4 Å². The number of carbonyl (C=O) groups excluding carboxylic acids is 1. The van der Waals surface area contributed by atoms with Crippen LogP contribution >= 0.6 is 0 Å². The summed E-state index contributed by atoms with van der Waals surface area (Å²) in [6, 6.07) is 8.26. The highest BCUT2D eigenvalue weighted by molar-refractivity contribution is 5.75. The maximum Gasteiger partial charge on any atom is 0.318 e. The van der Waals surface area contributed by atoms with Crippen molar-refractivity contribution in [3.63, 3.8) is 0 Å². The Morgan fingerprint density at radius 1 is 1.38 bits per heavy atom. The second-order valence-corrected chi connectivity index (χ2v) is 6.81. The first-order valence-electron chi connectivity index (χ1n) is 9.08. The van der Waals surface area contributed by atoms with Crippen molar-refractivity contribution in [1.29, 1.82) is 0 Å². The number of hydrogen-bond donors (Lipinski definition) is 2. The smallest absolute Gasteiger partial charge is 0.318 e. The average Bonchev–Trinajstić information content (AvgIpc) is 3.14. The van der Waals surface area contributed by atoms with E-state index in [0.29, 0.717) is 6.54 Å². The van der Waals surface area contributed by atoms with Crippen molar-refractivity contribution >= 4 is 6.03 Å². The average molecular weight is 332 g/mol. The third kappa shape index (κ3) is 3.73. The molecule has 3 rings (SSSR count). The van der Waals surface area contributed by atoms with E-state index < -0.39 is 0 Å². The van der Waals surface area contributed by atoms with Crippen LogP contribution < -0.4 is 5.32 Å². The van der Waals surface area contributed by atoms with Crippen molar-refractivity contribution in [3.8, 4) is 0 Å². The zero-order valence-electron chi connectivity index (χ0n) is 14.4. The first-order chi connectivity index (χ1) is 11.7. The van der Waals surface area contributed by atoms with Gasteiger partial charge in [0.1, 0.15) is 0 Å². The number of rotatable bonds is 5. The van der Waals surface area contributed by atoms with Gasteiger partial charge in [0.25, 0.3) is 0 Å². The second-order valence-electron chi connectivity index (χ2n) is 6.81. The van der Waals surface area contributed by atoms with Crippen molar-refractivity contribution in [2.75, 3.05) is 19.8 Å². The van der Waals surface area contributed by atoms with Crippen molar-refractivity contribution < 1.29 is 14.6 Å². The fourth-order valence-electron chi connectivity index (χ4n) is 3.93. The van der Waals surface area contributed by atoms with Crippen molar-refractivity contribution in [1.82, 2.24) is 10.2 Å². The van der Waals surface area contributed by atoms with Gasteiger partial charge in [-0.15, -0.1) is 0 Å². The second kappa shape index (κ2) is 7.99. The minimum Gasteiger partial charge on any atom is -0.395 e. The maximum absolute atomic E-state index is 12.9. The normalized spacial score (nSPS) is 24.2. The Morgan fingerprint density at radius 3 is 2.96 bits per heavy atom. The van der Waals surface area contributed by atoms with Gasteiger partial charge in [-0.05, 0) is 50.2 Å². The topological polar surface area (TPSA) is 61.8 Å². The largest absolute Gasteiger partial charge is 0.395 e. The molecule has 1 aliphatic heterocycles. The van der Waals surface area contributed by atoms with Gasteiger partial charge in [0.2, 0.25) is 0 Å². The lowest BCUT2D eigenvalue weighted by Gasteiger charge is -2.36. The molecule has 0 aromatic heterocycles. The minimum atomic E-state index is -0.103. The van der Waals surface area contributed by atoms with E-state index in [1.165, 1.54) is 11.1 Å². The lowest BCUT2D eigenvalue weighted by atomic mass is 9.87. The van der Waals surface area contributed by atoms with E-state index in [4.69, 9.17) is 4.74 Å². The monoisotopic (exact) mass is 332 g/mol. The molecule has 0 saturated carbocycles. The Balaban J connectivity index is 1.73. The Hall–Kier alpha value is -1.59. The molecule has 1 saturated heterocycles. The van der Waals surface area contributed by atoms with Gasteiger partial charge in [0.15, 0.2) is 0 Å². The van der Waals surface area contributed by atoms with Crippen LogP contribution in [0.2, 0.25) is 0 Å². The number of benzene rings is 1.